The Morgan fingerprint density at radius 3 is 2.37 bits per heavy atom. The predicted octanol–water partition coefficient (Wildman–Crippen LogP) is 5.25. The number of hydrogen-bond donors (Lipinski definition) is 1. The summed E-state index contributed by atoms with van der Waals surface area (Å²) in [5.74, 6) is -2.13. The first kappa shape index (κ1) is 28.2. The van der Waals surface area contributed by atoms with Crippen LogP contribution in [0, 0.1) is 17.7 Å². The molecule has 0 aromatic heterocycles. The molecule has 3 aliphatic heterocycles. The number of rotatable bonds is 5. The number of likely N-dealkylation sites (tertiary alicyclic amines) is 1. The van der Waals surface area contributed by atoms with Crippen LogP contribution in [0.3, 0.4) is 0 Å². The first-order valence-electron chi connectivity index (χ1n) is 14.4. The molecule has 0 radical (unpaired) electrons. The molecule has 0 spiro atoms. The summed E-state index contributed by atoms with van der Waals surface area (Å²) >= 11 is 0. The zero-order chi connectivity index (χ0) is 28.9. The molecule has 6 rings (SSSR count). The van der Waals surface area contributed by atoms with Gasteiger partial charge in [-0.25, -0.2) is 4.39 Å². The van der Waals surface area contributed by atoms with Crippen LogP contribution in [0.4, 0.5) is 17.6 Å². The molecule has 3 heterocycles. The van der Waals surface area contributed by atoms with Crippen molar-refractivity contribution in [3.05, 3.63) is 70.5 Å². The van der Waals surface area contributed by atoms with E-state index < -0.39 is 29.2 Å². The molecule has 6 nitrogen and oxygen atoms in total. The minimum absolute atomic E-state index is 0.0258. The van der Waals surface area contributed by atoms with E-state index in [4.69, 9.17) is 4.74 Å². The monoisotopic (exact) mass is 574 g/mol. The lowest BCUT2D eigenvalue weighted by molar-refractivity contribution is -0.177. The number of ether oxygens (including phenoxy) is 1. The van der Waals surface area contributed by atoms with Gasteiger partial charge in [0.05, 0.1) is 18.1 Å². The van der Waals surface area contributed by atoms with E-state index in [2.05, 4.69) is 4.90 Å². The summed E-state index contributed by atoms with van der Waals surface area (Å²) in [6.07, 6.45) is -0.375. The van der Waals surface area contributed by atoms with E-state index in [-0.39, 0.29) is 36.1 Å². The molecule has 0 bridgehead atoms. The molecule has 2 aromatic carbocycles. The quantitative estimate of drug-likeness (QED) is 0.495. The summed E-state index contributed by atoms with van der Waals surface area (Å²) in [5, 5.41) is 10.0. The average molecular weight is 575 g/mol. The highest BCUT2D eigenvalue weighted by atomic mass is 19.4. The molecule has 1 saturated carbocycles. The Kier molecular flexibility index (Phi) is 7.34. The molecule has 4 aliphatic rings. The van der Waals surface area contributed by atoms with Crippen LogP contribution in [-0.2, 0) is 33.5 Å². The van der Waals surface area contributed by atoms with Crippen molar-refractivity contribution in [3.63, 3.8) is 0 Å². The van der Waals surface area contributed by atoms with Gasteiger partial charge in [0.25, 0.3) is 5.91 Å². The SMILES string of the molecule is O=C(O)[C@@H]1CN([C@@H]2CC[C@@](C(=O)N3CCc4ccc(C(F)(F)F)cc4C3)(C3CC3)OC2)CC[C@H]1c1ccc(F)cc1. The molecular formula is C31H34F4N2O4. The van der Waals surface area contributed by atoms with Gasteiger partial charge in [0.1, 0.15) is 11.4 Å². The topological polar surface area (TPSA) is 70.1 Å². The minimum atomic E-state index is -4.44. The van der Waals surface area contributed by atoms with Gasteiger partial charge in [-0.05, 0) is 97.9 Å². The van der Waals surface area contributed by atoms with Crippen molar-refractivity contribution in [1.29, 1.82) is 0 Å². The maximum Gasteiger partial charge on any atom is 0.416 e. The molecule has 1 aliphatic carbocycles. The van der Waals surface area contributed by atoms with Gasteiger partial charge in [0.2, 0.25) is 0 Å². The number of carboxylic acid groups (broad SMARTS) is 1. The number of piperidine rings is 1. The lowest BCUT2D eigenvalue weighted by Gasteiger charge is -2.47. The molecule has 41 heavy (non-hydrogen) atoms. The fourth-order valence-corrected chi connectivity index (χ4v) is 7.13. The van der Waals surface area contributed by atoms with Crippen molar-refractivity contribution in [3.8, 4) is 0 Å². The standard InChI is InChI=1S/C31H34F4N2O4/c32-24-7-2-20(3-8-24)26-11-14-36(17-27(26)28(38)39)25-9-12-30(41-18-25,22-5-6-22)29(40)37-13-10-19-1-4-23(31(33,34)35)15-21(19)16-37/h1-4,7-8,15,22,25-27H,5-6,9-14,16-18H2,(H,38,39)/t25-,26+,27-,30+/m1/s1. The second kappa shape index (κ2) is 10.7. The number of carbonyl (C=O) groups is 2. The highest BCUT2D eigenvalue weighted by Crippen LogP contribution is 2.49. The van der Waals surface area contributed by atoms with Crippen molar-refractivity contribution in [2.24, 2.45) is 11.8 Å². The Bertz CT molecular complexity index is 1300. The lowest BCUT2D eigenvalue weighted by Crippen LogP contribution is -2.59. The number of hydrogen-bond acceptors (Lipinski definition) is 4. The molecule has 0 unspecified atom stereocenters. The maximum atomic E-state index is 14.0. The number of benzene rings is 2. The van der Waals surface area contributed by atoms with Crippen molar-refractivity contribution < 1.29 is 37.0 Å². The molecular weight excluding hydrogens is 540 g/mol. The summed E-state index contributed by atoms with van der Waals surface area (Å²) in [4.78, 5) is 30.0. The van der Waals surface area contributed by atoms with Crippen LogP contribution in [0.25, 0.3) is 0 Å². The Hall–Kier alpha value is -2.98. The van der Waals surface area contributed by atoms with E-state index >= 15 is 0 Å². The van der Waals surface area contributed by atoms with Gasteiger partial charge in [-0.15, -0.1) is 0 Å². The number of carboxylic acids is 1. The van der Waals surface area contributed by atoms with Gasteiger partial charge in [0, 0.05) is 25.7 Å². The summed E-state index contributed by atoms with van der Waals surface area (Å²) in [5.41, 5.74) is 0.505. The molecule has 10 heteroatoms. The Morgan fingerprint density at radius 2 is 1.73 bits per heavy atom. The Labute approximate surface area is 236 Å². The number of halogens is 4. The highest BCUT2D eigenvalue weighted by molar-refractivity contribution is 5.86. The predicted molar refractivity (Wildman–Crippen MR) is 141 cm³/mol. The van der Waals surface area contributed by atoms with Crippen molar-refractivity contribution in [1.82, 2.24) is 9.80 Å². The third kappa shape index (κ3) is 5.48. The normalized spacial score (nSPS) is 29.2. The molecule has 2 saturated heterocycles. The maximum absolute atomic E-state index is 14.0. The van der Waals surface area contributed by atoms with Crippen molar-refractivity contribution >= 4 is 11.9 Å². The van der Waals surface area contributed by atoms with E-state index in [0.29, 0.717) is 57.5 Å². The number of aliphatic carboxylic acids is 1. The van der Waals surface area contributed by atoms with E-state index in [1.54, 1.807) is 17.0 Å². The lowest BCUT2D eigenvalue weighted by atomic mass is 9.79. The molecule has 4 atom stereocenters. The average Bonchev–Trinajstić information content (AvgIpc) is 3.82. The van der Waals surface area contributed by atoms with Crippen molar-refractivity contribution in [2.45, 2.75) is 68.8 Å². The van der Waals surface area contributed by atoms with Crippen LogP contribution < -0.4 is 0 Å². The third-order valence-corrected chi connectivity index (χ3v) is 9.59. The largest absolute Gasteiger partial charge is 0.481 e. The molecule has 220 valence electrons. The first-order chi connectivity index (χ1) is 19.5. The van der Waals surface area contributed by atoms with Gasteiger partial charge in [0.15, 0.2) is 0 Å². The fourth-order valence-electron chi connectivity index (χ4n) is 7.13. The summed E-state index contributed by atoms with van der Waals surface area (Å²) in [6, 6.07) is 9.79. The van der Waals surface area contributed by atoms with E-state index in [9.17, 15) is 32.3 Å². The van der Waals surface area contributed by atoms with Crippen molar-refractivity contribution in [2.75, 3.05) is 26.2 Å². The van der Waals surface area contributed by atoms with Gasteiger partial charge in [-0.3, -0.25) is 14.5 Å². The number of carbonyl (C=O) groups excluding carboxylic acids is 1. The Balaban J connectivity index is 1.13. The zero-order valence-electron chi connectivity index (χ0n) is 22.7. The summed E-state index contributed by atoms with van der Waals surface area (Å²) in [7, 11) is 0. The molecule has 3 fully saturated rings. The highest BCUT2D eigenvalue weighted by Gasteiger charge is 2.56. The molecule has 1 N–H and O–H groups in total. The number of nitrogens with zero attached hydrogens (tertiary/aromatic N) is 2. The minimum Gasteiger partial charge on any atom is -0.481 e. The van der Waals surface area contributed by atoms with Gasteiger partial charge in [-0.1, -0.05) is 18.2 Å². The van der Waals surface area contributed by atoms with Gasteiger partial charge >= 0.3 is 12.1 Å². The van der Waals surface area contributed by atoms with E-state index in [0.717, 1.165) is 36.1 Å². The van der Waals surface area contributed by atoms with E-state index in [1.165, 1.54) is 18.2 Å². The summed E-state index contributed by atoms with van der Waals surface area (Å²) < 4.78 is 59.8. The van der Waals surface area contributed by atoms with E-state index in [1.807, 2.05) is 0 Å². The Morgan fingerprint density at radius 1 is 0.976 bits per heavy atom. The van der Waals surface area contributed by atoms with Gasteiger partial charge < -0.3 is 14.7 Å². The molecule has 2 aromatic rings. The third-order valence-electron chi connectivity index (χ3n) is 9.59. The van der Waals surface area contributed by atoms with Crippen LogP contribution >= 0.6 is 0 Å². The smallest absolute Gasteiger partial charge is 0.416 e. The molecule has 1 amide bonds. The zero-order valence-corrected chi connectivity index (χ0v) is 22.7. The first-order valence-corrected chi connectivity index (χ1v) is 14.4. The second-order valence-corrected chi connectivity index (χ2v) is 12.0. The van der Waals surface area contributed by atoms with Gasteiger partial charge in [-0.2, -0.15) is 13.2 Å². The number of fused-ring (bicyclic) bond motifs is 1. The van der Waals surface area contributed by atoms with Crippen LogP contribution in [-0.4, -0.2) is 64.7 Å². The second-order valence-electron chi connectivity index (χ2n) is 12.0. The summed E-state index contributed by atoms with van der Waals surface area (Å²) in [6.45, 7) is 1.90. The number of alkyl halides is 3. The fraction of sp³-hybridized carbons (Fsp3) is 0.548. The van der Waals surface area contributed by atoms with Crippen LogP contribution in [0.2, 0.25) is 0 Å². The van der Waals surface area contributed by atoms with Crippen LogP contribution in [0.1, 0.15) is 60.3 Å². The number of amides is 1. The van der Waals surface area contributed by atoms with Crippen LogP contribution in [0.15, 0.2) is 42.5 Å². The van der Waals surface area contributed by atoms with Crippen LogP contribution in [0.5, 0.6) is 0 Å².